The number of benzene rings is 1. The van der Waals surface area contributed by atoms with E-state index < -0.39 is 0 Å². The quantitative estimate of drug-likeness (QED) is 0.387. The van der Waals surface area contributed by atoms with Crippen LogP contribution in [0.5, 0.6) is 0 Å². The molecule has 4 rings (SSSR count). The van der Waals surface area contributed by atoms with E-state index in [0.29, 0.717) is 6.04 Å². The fourth-order valence-corrected chi connectivity index (χ4v) is 4.28. The molecule has 7 heteroatoms. The van der Waals surface area contributed by atoms with Gasteiger partial charge < -0.3 is 15.6 Å². The molecule has 6 nitrogen and oxygen atoms in total. The number of thioether (sulfide) groups is 1. The van der Waals surface area contributed by atoms with Crippen molar-refractivity contribution in [2.75, 3.05) is 11.4 Å². The zero-order valence-electron chi connectivity index (χ0n) is 15.8. The second-order valence-corrected chi connectivity index (χ2v) is 8.23. The monoisotopic (exact) mass is 392 g/mol. The highest BCUT2D eigenvalue weighted by molar-refractivity contribution is 8.26. The number of aromatic nitrogens is 2. The topological polar surface area (TPSA) is 106 Å². The van der Waals surface area contributed by atoms with Gasteiger partial charge in [0.2, 0.25) is 0 Å². The van der Waals surface area contributed by atoms with Crippen LogP contribution in [0.2, 0.25) is 0 Å². The molecule has 0 aliphatic carbocycles. The summed E-state index contributed by atoms with van der Waals surface area (Å²) in [6.45, 7) is 3.32. The summed E-state index contributed by atoms with van der Waals surface area (Å²) in [4.78, 5) is 10.7. The Hall–Kier alpha value is -2.80. The summed E-state index contributed by atoms with van der Waals surface area (Å²) in [5, 5.41) is 16.8. The highest BCUT2D eigenvalue weighted by Crippen LogP contribution is 2.31. The molecule has 1 aromatic carbocycles. The number of hydrogen-bond donors (Lipinski definition) is 4. The molecule has 0 spiro atoms. The number of H-pyrrole nitrogens is 1. The molecule has 1 atom stereocenters. The van der Waals surface area contributed by atoms with E-state index >= 15 is 0 Å². The minimum Gasteiger partial charge on any atom is -0.378 e. The Balaban J connectivity index is 1.72. The molecule has 3 aromatic rings. The minimum absolute atomic E-state index is 0.0793. The molecule has 1 saturated heterocycles. The van der Waals surface area contributed by atoms with E-state index in [4.69, 9.17) is 21.5 Å². The summed E-state index contributed by atoms with van der Waals surface area (Å²) in [5.74, 6) is 1.02. The van der Waals surface area contributed by atoms with E-state index in [0.717, 1.165) is 51.8 Å². The predicted molar refractivity (Wildman–Crippen MR) is 119 cm³/mol. The van der Waals surface area contributed by atoms with Crippen LogP contribution >= 0.6 is 11.8 Å². The number of rotatable bonds is 3. The maximum Gasteiger partial charge on any atom is 0.157 e. The molecule has 0 saturated carbocycles. The molecule has 1 fully saturated rings. The third kappa shape index (κ3) is 3.62. The Morgan fingerprint density at radius 1 is 1.25 bits per heavy atom. The van der Waals surface area contributed by atoms with Crippen LogP contribution in [0, 0.1) is 10.8 Å². The van der Waals surface area contributed by atoms with Gasteiger partial charge in [0.1, 0.15) is 10.9 Å². The molecule has 1 aliphatic heterocycles. The van der Waals surface area contributed by atoms with Crippen LogP contribution in [0.4, 0.5) is 5.82 Å². The van der Waals surface area contributed by atoms with Crippen molar-refractivity contribution >= 4 is 38.7 Å². The van der Waals surface area contributed by atoms with Crippen LogP contribution in [-0.4, -0.2) is 32.8 Å². The maximum atomic E-state index is 8.16. The number of piperidine rings is 1. The second kappa shape index (κ2) is 7.67. The van der Waals surface area contributed by atoms with Crippen LogP contribution in [0.25, 0.3) is 22.2 Å². The maximum absolute atomic E-state index is 8.16. The van der Waals surface area contributed by atoms with E-state index in [1.807, 2.05) is 30.5 Å². The number of amidine groups is 1. The molecule has 2 aromatic heterocycles. The summed E-state index contributed by atoms with van der Waals surface area (Å²) in [5.41, 5.74) is 9.11. The first-order chi connectivity index (χ1) is 13.5. The van der Waals surface area contributed by atoms with E-state index in [1.54, 1.807) is 0 Å². The van der Waals surface area contributed by atoms with Gasteiger partial charge in [0, 0.05) is 40.8 Å². The molecular formula is C21H24N6S. The first kappa shape index (κ1) is 18.6. The highest BCUT2D eigenvalue weighted by atomic mass is 32.2. The van der Waals surface area contributed by atoms with Crippen molar-refractivity contribution in [1.29, 1.82) is 10.8 Å². The van der Waals surface area contributed by atoms with Crippen molar-refractivity contribution in [3.05, 3.63) is 48.2 Å². The van der Waals surface area contributed by atoms with Gasteiger partial charge in [-0.15, -0.1) is 0 Å². The SMILES string of the molecule is CC1CCCCN1c1cccc(-c2c[nH]c3ccc(C(=N)SC(=N)N)cc23)n1. The average Bonchev–Trinajstić information content (AvgIpc) is 3.11. The molecule has 0 bridgehead atoms. The van der Waals surface area contributed by atoms with Crippen LogP contribution in [0.3, 0.4) is 0 Å². The summed E-state index contributed by atoms with van der Waals surface area (Å²) in [7, 11) is 0. The van der Waals surface area contributed by atoms with Crippen LogP contribution in [0.15, 0.2) is 42.6 Å². The van der Waals surface area contributed by atoms with E-state index in [2.05, 4.69) is 28.9 Å². The normalized spacial score (nSPS) is 17.0. The Bertz CT molecular complexity index is 1040. The van der Waals surface area contributed by atoms with Gasteiger partial charge in [-0.25, -0.2) is 4.98 Å². The number of hydrogen-bond acceptors (Lipinski definition) is 5. The van der Waals surface area contributed by atoms with Gasteiger partial charge in [-0.1, -0.05) is 12.1 Å². The number of nitrogens with zero attached hydrogens (tertiary/aromatic N) is 2. The summed E-state index contributed by atoms with van der Waals surface area (Å²) in [6.07, 6.45) is 5.68. The van der Waals surface area contributed by atoms with E-state index in [-0.39, 0.29) is 10.2 Å². The van der Waals surface area contributed by atoms with Gasteiger partial charge in [-0.2, -0.15) is 0 Å². The average molecular weight is 393 g/mol. The summed E-state index contributed by atoms with van der Waals surface area (Å²) < 4.78 is 0. The van der Waals surface area contributed by atoms with Crippen molar-refractivity contribution in [3.8, 4) is 11.3 Å². The second-order valence-electron chi connectivity index (χ2n) is 7.18. The molecular weight excluding hydrogens is 368 g/mol. The first-order valence-corrected chi connectivity index (χ1v) is 10.3. The fraction of sp³-hybridized carbons (Fsp3) is 0.286. The number of aromatic amines is 1. The molecule has 1 unspecified atom stereocenters. The van der Waals surface area contributed by atoms with Gasteiger partial charge in [-0.3, -0.25) is 10.8 Å². The molecule has 3 heterocycles. The largest absolute Gasteiger partial charge is 0.378 e. The molecule has 0 radical (unpaired) electrons. The van der Waals surface area contributed by atoms with Crippen molar-refractivity contribution in [2.24, 2.45) is 5.73 Å². The lowest BCUT2D eigenvalue weighted by atomic mass is 10.0. The Kier molecular flexibility index (Phi) is 5.09. The molecule has 0 amide bonds. The standard InChI is InChI=1S/C21H24N6S/c1-13-5-2-3-10-27(13)19-7-4-6-18(26-19)16-12-25-17-9-8-14(11-15(16)17)20(22)28-21(23)24/h4,6-9,11-13,22,25H,2-3,5,10H2,1H3,(H3,23,24). The van der Waals surface area contributed by atoms with Gasteiger partial charge in [0.25, 0.3) is 0 Å². The van der Waals surface area contributed by atoms with Crippen LogP contribution in [-0.2, 0) is 0 Å². The van der Waals surface area contributed by atoms with Crippen LogP contribution in [0.1, 0.15) is 31.7 Å². The molecule has 1 aliphatic rings. The highest BCUT2D eigenvalue weighted by Gasteiger charge is 2.20. The van der Waals surface area contributed by atoms with Crippen LogP contribution < -0.4 is 10.6 Å². The minimum atomic E-state index is -0.0793. The Labute approximate surface area is 168 Å². The first-order valence-electron chi connectivity index (χ1n) is 9.49. The van der Waals surface area contributed by atoms with E-state index in [9.17, 15) is 0 Å². The lowest BCUT2D eigenvalue weighted by molar-refractivity contribution is 0.481. The Morgan fingerprint density at radius 2 is 2.11 bits per heavy atom. The zero-order chi connectivity index (χ0) is 19.7. The number of fused-ring (bicyclic) bond motifs is 1. The van der Waals surface area contributed by atoms with Crippen molar-refractivity contribution < 1.29 is 0 Å². The summed E-state index contributed by atoms with van der Waals surface area (Å²) >= 11 is 0.954. The van der Waals surface area contributed by atoms with Gasteiger partial charge >= 0.3 is 0 Å². The van der Waals surface area contributed by atoms with Crippen molar-refractivity contribution in [3.63, 3.8) is 0 Å². The van der Waals surface area contributed by atoms with Gasteiger partial charge in [-0.05, 0) is 62.2 Å². The number of nitrogens with two attached hydrogens (primary N) is 1. The number of nitrogens with one attached hydrogen (secondary N) is 3. The lowest BCUT2D eigenvalue weighted by Crippen LogP contribution is -2.37. The summed E-state index contributed by atoms with van der Waals surface area (Å²) in [6, 6.07) is 12.5. The third-order valence-electron chi connectivity index (χ3n) is 5.26. The van der Waals surface area contributed by atoms with Crippen molar-refractivity contribution in [1.82, 2.24) is 9.97 Å². The molecule has 28 heavy (non-hydrogen) atoms. The third-order valence-corrected chi connectivity index (χ3v) is 5.92. The van der Waals surface area contributed by atoms with E-state index in [1.165, 1.54) is 19.3 Å². The fourth-order valence-electron chi connectivity index (χ4n) is 3.81. The van der Waals surface area contributed by atoms with Crippen molar-refractivity contribution in [2.45, 2.75) is 32.2 Å². The number of pyridine rings is 1. The number of anilines is 1. The Morgan fingerprint density at radius 3 is 2.89 bits per heavy atom. The molecule has 5 N–H and O–H groups in total. The lowest BCUT2D eigenvalue weighted by Gasteiger charge is -2.34. The predicted octanol–water partition coefficient (Wildman–Crippen LogP) is 4.56. The zero-order valence-corrected chi connectivity index (χ0v) is 16.6. The smallest absolute Gasteiger partial charge is 0.157 e. The van der Waals surface area contributed by atoms with Gasteiger partial charge in [0.05, 0.1) is 5.69 Å². The van der Waals surface area contributed by atoms with Gasteiger partial charge in [0.15, 0.2) is 5.17 Å². The molecule has 144 valence electrons.